The van der Waals surface area contributed by atoms with E-state index < -0.39 is 18.1 Å². The van der Waals surface area contributed by atoms with Crippen LogP contribution in [-0.2, 0) is 9.59 Å². The second kappa shape index (κ2) is 4.41. The number of likely N-dealkylation sites (tertiary alicyclic amines) is 1. The SMILES string of the molecule is [2H]O[C@H]1C[C@@H](C(=O)O)N(C(=O)CCC)C1. The second-order valence-corrected chi connectivity index (χ2v) is 3.51. The summed E-state index contributed by atoms with van der Waals surface area (Å²) in [6.07, 6.45) is 0.753. The topological polar surface area (TPSA) is 77.8 Å². The molecular formula is C9H15NO4. The van der Waals surface area contributed by atoms with Gasteiger partial charge in [-0.2, -0.15) is 0 Å². The van der Waals surface area contributed by atoms with E-state index in [4.69, 9.17) is 6.54 Å². The largest absolute Gasteiger partial charge is 0.480 e. The van der Waals surface area contributed by atoms with Gasteiger partial charge in [-0.05, 0) is 6.42 Å². The molecule has 80 valence electrons. The van der Waals surface area contributed by atoms with Gasteiger partial charge in [-0.25, -0.2) is 4.79 Å². The van der Waals surface area contributed by atoms with Gasteiger partial charge in [0.05, 0.1) is 6.10 Å². The Hall–Kier alpha value is -1.10. The van der Waals surface area contributed by atoms with Crippen LogP contribution in [0.3, 0.4) is 0 Å². The zero-order chi connectivity index (χ0) is 11.4. The lowest BCUT2D eigenvalue weighted by atomic mass is 10.2. The molecule has 0 aromatic rings. The highest BCUT2D eigenvalue weighted by Gasteiger charge is 2.38. The number of hydrogen-bond donors (Lipinski definition) is 2. The number of carbonyl (C=O) groups excluding carboxylic acids is 1. The molecule has 1 amide bonds. The van der Waals surface area contributed by atoms with Gasteiger partial charge in [0.1, 0.15) is 6.04 Å². The molecule has 0 aromatic heterocycles. The van der Waals surface area contributed by atoms with Crippen molar-refractivity contribution in [3.8, 4) is 0 Å². The fraction of sp³-hybridized carbons (Fsp3) is 0.778. The van der Waals surface area contributed by atoms with E-state index in [1.807, 2.05) is 6.92 Å². The first-order valence-electron chi connectivity index (χ1n) is 5.15. The van der Waals surface area contributed by atoms with Crippen molar-refractivity contribution >= 4 is 11.9 Å². The first-order chi connectivity index (χ1) is 7.10. The zero-order valence-electron chi connectivity index (χ0n) is 9.10. The summed E-state index contributed by atoms with van der Waals surface area (Å²) in [5.41, 5.74) is 0. The Morgan fingerprint density at radius 1 is 1.64 bits per heavy atom. The summed E-state index contributed by atoms with van der Waals surface area (Å²) in [5, 5.41) is 13.2. The molecule has 1 heterocycles. The standard InChI is InChI=1S/C9H15NO4/c1-2-3-8(12)10-5-6(11)4-7(10)9(13)14/h6-7,11H,2-5H2,1H3,(H,13,14)/t6-,7-/m0/s1/i11D. The Balaban J connectivity index is 2.68. The van der Waals surface area contributed by atoms with E-state index in [0.29, 0.717) is 12.8 Å². The number of carbonyl (C=O) groups is 2. The minimum Gasteiger partial charge on any atom is -0.480 e. The molecule has 1 aliphatic heterocycles. The average molecular weight is 202 g/mol. The molecule has 0 saturated carbocycles. The molecule has 1 fully saturated rings. The van der Waals surface area contributed by atoms with Crippen molar-refractivity contribution in [1.29, 1.82) is 1.43 Å². The van der Waals surface area contributed by atoms with Crippen LogP contribution >= 0.6 is 0 Å². The van der Waals surface area contributed by atoms with E-state index in [1.165, 1.54) is 4.90 Å². The van der Waals surface area contributed by atoms with E-state index in [0.717, 1.165) is 0 Å². The molecule has 1 aliphatic rings. The van der Waals surface area contributed by atoms with Crippen LogP contribution < -0.4 is 0 Å². The van der Waals surface area contributed by atoms with Crippen molar-refractivity contribution in [3.63, 3.8) is 0 Å². The highest BCUT2D eigenvalue weighted by Crippen LogP contribution is 2.19. The van der Waals surface area contributed by atoms with Crippen LogP contribution in [0, 0.1) is 0 Å². The maximum absolute atomic E-state index is 11.6. The molecule has 0 spiro atoms. The Bertz CT molecular complexity index is 258. The number of carboxylic acid groups (broad SMARTS) is 1. The van der Waals surface area contributed by atoms with Crippen molar-refractivity contribution < 1.29 is 19.8 Å². The fourth-order valence-corrected chi connectivity index (χ4v) is 1.66. The smallest absolute Gasteiger partial charge is 0.326 e. The van der Waals surface area contributed by atoms with Gasteiger partial charge in [0, 0.05) is 19.4 Å². The van der Waals surface area contributed by atoms with Crippen molar-refractivity contribution in [3.05, 3.63) is 0 Å². The summed E-state index contributed by atoms with van der Waals surface area (Å²) < 4.78 is 6.73. The number of β-amino-alcohol motifs (C(OH)–C–C–N with tert-alkyl or cyclic N) is 1. The van der Waals surface area contributed by atoms with Gasteiger partial charge >= 0.3 is 5.97 Å². The van der Waals surface area contributed by atoms with E-state index in [9.17, 15) is 9.59 Å². The molecule has 14 heavy (non-hydrogen) atoms. The lowest BCUT2D eigenvalue weighted by molar-refractivity contribution is -0.148. The molecule has 0 radical (unpaired) electrons. The normalized spacial score (nSPS) is 27.5. The van der Waals surface area contributed by atoms with Gasteiger partial charge in [-0.1, -0.05) is 6.92 Å². The van der Waals surface area contributed by atoms with Crippen molar-refractivity contribution in [2.24, 2.45) is 0 Å². The lowest BCUT2D eigenvalue weighted by Crippen LogP contribution is -2.40. The lowest BCUT2D eigenvalue weighted by Gasteiger charge is -2.20. The maximum atomic E-state index is 11.6. The number of amides is 1. The molecular weight excluding hydrogens is 186 g/mol. The van der Waals surface area contributed by atoms with E-state index >= 15 is 0 Å². The van der Waals surface area contributed by atoms with Gasteiger partial charge < -0.3 is 15.1 Å². The molecule has 1 saturated heterocycles. The Morgan fingerprint density at radius 3 is 2.86 bits per heavy atom. The summed E-state index contributed by atoms with van der Waals surface area (Å²) >= 11 is 0. The summed E-state index contributed by atoms with van der Waals surface area (Å²) in [6.45, 7) is 2.07. The molecule has 0 aliphatic carbocycles. The number of nitrogens with zero attached hydrogens (tertiary/aromatic N) is 1. The van der Waals surface area contributed by atoms with Crippen molar-refractivity contribution in [2.75, 3.05) is 6.54 Å². The zero-order valence-corrected chi connectivity index (χ0v) is 8.10. The number of rotatable bonds is 4. The summed E-state index contributed by atoms with van der Waals surface area (Å²) in [5.74, 6) is -1.21. The van der Waals surface area contributed by atoms with Gasteiger partial charge in [0.15, 0.2) is 0 Å². The number of aliphatic hydroxyl groups is 1. The molecule has 0 aromatic carbocycles. The molecule has 5 heteroatoms. The van der Waals surface area contributed by atoms with Crippen LogP contribution in [0.4, 0.5) is 0 Å². The van der Waals surface area contributed by atoms with E-state index in [1.54, 1.807) is 0 Å². The molecule has 5 nitrogen and oxygen atoms in total. The Kier molecular flexibility index (Phi) is 2.98. The van der Waals surface area contributed by atoms with Gasteiger partial charge in [-0.15, -0.1) is 0 Å². The third kappa shape index (κ3) is 2.23. The minimum atomic E-state index is -1.03. The average Bonchev–Trinajstić information content (AvgIpc) is 2.61. The van der Waals surface area contributed by atoms with Crippen LogP contribution in [0.25, 0.3) is 0 Å². The molecule has 1 rings (SSSR count). The molecule has 2 N–H and O–H groups in total. The second-order valence-electron chi connectivity index (χ2n) is 3.51. The molecule has 0 bridgehead atoms. The van der Waals surface area contributed by atoms with Crippen LogP contribution in [0.2, 0.25) is 0 Å². The van der Waals surface area contributed by atoms with Gasteiger partial charge in [0.25, 0.3) is 0 Å². The minimum absolute atomic E-state index is 0.176. The molecule has 2 atom stereocenters. The highest BCUT2D eigenvalue weighted by molar-refractivity contribution is 5.84. The number of carboxylic acids is 1. The first-order valence-corrected chi connectivity index (χ1v) is 4.74. The van der Waals surface area contributed by atoms with Crippen LogP contribution in [0.15, 0.2) is 0 Å². The quantitative estimate of drug-likeness (QED) is 0.663. The first kappa shape index (κ1) is 9.45. The highest BCUT2D eigenvalue weighted by atomic mass is 16.4. The summed E-state index contributed by atoms with van der Waals surface area (Å²) in [7, 11) is 0. The van der Waals surface area contributed by atoms with Crippen molar-refractivity contribution in [1.82, 2.24) is 4.90 Å². The van der Waals surface area contributed by atoms with Crippen LogP contribution in [-0.4, -0.2) is 47.1 Å². The third-order valence-corrected chi connectivity index (χ3v) is 2.33. The Morgan fingerprint density at radius 2 is 2.36 bits per heavy atom. The number of hydrogen-bond acceptors (Lipinski definition) is 3. The monoisotopic (exact) mass is 202 g/mol. The predicted octanol–water partition coefficient (Wildman–Crippen LogP) is -0.167. The van der Waals surface area contributed by atoms with E-state index in [-0.39, 0.29) is 18.9 Å². The number of aliphatic carboxylic acids is 1. The van der Waals surface area contributed by atoms with E-state index in [2.05, 4.69) is 5.11 Å². The van der Waals surface area contributed by atoms with Gasteiger partial charge in [-0.3, -0.25) is 4.79 Å². The van der Waals surface area contributed by atoms with Crippen molar-refractivity contribution in [2.45, 2.75) is 38.3 Å². The Labute approximate surface area is 83.8 Å². The number of aliphatic hydroxyl groups excluding tert-OH is 1. The van der Waals surface area contributed by atoms with Crippen LogP contribution in [0.1, 0.15) is 26.2 Å². The van der Waals surface area contributed by atoms with Crippen LogP contribution in [0.5, 0.6) is 0 Å². The third-order valence-electron chi connectivity index (χ3n) is 2.33. The maximum Gasteiger partial charge on any atom is 0.326 e. The van der Waals surface area contributed by atoms with Gasteiger partial charge in [0.2, 0.25) is 7.34 Å². The molecule has 0 unspecified atom stereocenters. The fourth-order valence-electron chi connectivity index (χ4n) is 1.66. The summed E-state index contributed by atoms with van der Waals surface area (Å²) in [4.78, 5) is 23.7. The summed E-state index contributed by atoms with van der Waals surface area (Å²) in [6, 6.07) is -0.834. The predicted molar refractivity (Wildman–Crippen MR) is 48.7 cm³/mol.